The number of anilines is 1. The number of nitrogens with zero attached hydrogens (tertiary/aromatic N) is 3. The van der Waals surface area contributed by atoms with Gasteiger partial charge < -0.3 is 10.2 Å². The zero-order valence-corrected chi connectivity index (χ0v) is 18.7. The van der Waals surface area contributed by atoms with Crippen LogP contribution in [-0.2, 0) is 9.59 Å². The molecule has 166 valence electrons. The number of hydrogen-bond donors (Lipinski definition) is 1. The van der Waals surface area contributed by atoms with Gasteiger partial charge in [-0.05, 0) is 49.8 Å². The highest BCUT2D eigenvalue weighted by atomic mass is 19.1. The molecule has 2 aliphatic rings. The lowest BCUT2D eigenvalue weighted by atomic mass is 9.92. The molecule has 0 bridgehead atoms. The number of halogens is 1. The van der Waals surface area contributed by atoms with Crippen LogP contribution in [0.5, 0.6) is 0 Å². The number of rotatable bonds is 5. The summed E-state index contributed by atoms with van der Waals surface area (Å²) in [6.45, 7) is 13.2. The smallest absolute Gasteiger partial charge is 0.241 e. The molecule has 1 aromatic rings. The van der Waals surface area contributed by atoms with E-state index in [1.165, 1.54) is 12.5 Å². The lowest BCUT2D eigenvalue weighted by Gasteiger charge is -2.39. The molecule has 3 rings (SSSR count). The number of piperidine rings is 1. The maximum Gasteiger partial charge on any atom is 0.241 e. The number of hydrogen-bond acceptors (Lipinski definition) is 4. The third kappa shape index (κ3) is 5.79. The monoisotopic (exact) mass is 418 g/mol. The molecule has 0 aromatic heterocycles. The van der Waals surface area contributed by atoms with Crippen molar-refractivity contribution in [3.63, 3.8) is 0 Å². The summed E-state index contributed by atoms with van der Waals surface area (Å²) in [5.74, 6) is 0.885. The average molecular weight is 419 g/mol. The summed E-state index contributed by atoms with van der Waals surface area (Å²) in [7, 11) is 0. The van der Waals surface area contributed by atoms with E-state index in [1.807, 2.05) is 11.8 Å². The van der Waals surface area contributed by atoms with Gasteiger partial charge in [0.25, 0.3) is 0 Å². The highest BCUT2D eigenvalue weighted by Gasteiger charge is 2.29. The standard InChI is InChI=1S/C23H35FN4O2/c1-16-11-17(2)14-28(13-16)22(29)15-26-7-9-27(10-8-26)19(4)23(30)25-20-6-5-18(3)21(24)12-20/h5-6,12,16-17,19H,7-11,13-15H2,1-4H3,(H,25,30). The predicted octanol–water partition coefficient (Wildman–Crippen LogP) is 2.58. The molecule has 6 nitrogen and oxygen atoms in total. The van der Waals surface area contributed by atoms with E-state index in [0.29, 0.717) is 29.6 Å². The topological polar surface area (TPSA) is 55.9 Å². The Morgan fingerprint density at radius 1 is 1.13 bits per heavy atom. The third-order valence-electron chi connectivity index (χ3n) is 6.35. The Labute approximate surface area is 179 Å². The first-order chi connectivity index (χ1) is 14.2. The number of likely N-dealkylation sites (tertiary alicyclic amines) is 1. The van der Waals surface area contributed by atoms with E-state index >= 15 is 0 Å². The largest absolute Gasteiger partial charge is 0.341 e. The van der Waals surface area contributed by atoms with E-state index in [4.69, 9.17) is 0 Å². The van der Waals surface area contributed by atoms with Gasteiger partial charge >= 0.3 is 0 Å². The van der Waals surface area contributed by atoms with Crippen LogP contribution in [0.15, 0.2) is 18.2 Å². The minimum Gasteiger partial charge on any atom is -0.341 e. The minimum absolute atomic E-state index is 0.140. The van der Waals surface area contributed by atoms with Crippen LogP contribution in [0.2, 0.25) is 0 Å². The van der Waals surface area contributed by atoms with Crippen LogP contribution in [-0.4, -0.2) is 78.4 Å². The van der Waals surface area contributed by atoms with Gasteiger partial charge in [0, 0.05) is 45.0 Å². The molecule has 2 amide bonds. The van der Waals surface area contributed by atoms with Gasteiger partial charge in [-0.1, -0.05) is 19.9 Å². The van der Waals surface area contributed by atoms with Gasteiger partial charge in [-0.15, -0.1) is 0 Å². The molecule has 2 saturated heterocycles. The summed E-state index contributed by atoms with van der Waals surface area (Å²) in [5, 5.41) is 2.81. The molecule has 1 N–H and O–H groups in total. The lowest BCUT2D eigenvalue weighted by Crippen LogP contribution is -2.55. The van der Waals surface area contributed by atoms with Gasteiger partial charge in [-0.25, -0.2) is 4.39 Å². The van der Waals surface area contributed by atoms with E-state index in [9.17, 15) is 14.0 Å². The normalized spacial score (nSPS) is 24.5. The Kier molecular flexibility index (Phi) is 7.47. The molecular weight excluding hydrogens is 383 g/mol. The summed E-state index contributed by atoms with van der Waals surface area (Å²) >= 11 is 0. The quantitative estimate of drug-likeness (QED) is 0.799. The Balaban J connectivity index is 1.45. The maximum absolute atomic E-state index is 13.7. The second-order valence-electron chi connectivity index (χ2n) is 9.19. The van der Waals surface area contributed by atoms with Crippen LogP contribution in [0.25, 0.3) is 0 Å². The number of amides is 2. The van der Waals surface area contributed by atoms with E-state index in [0.717, 1.165) is 39.3 Å². The Hall–Kier alpha value is -1.99. The van der Waals surface area contributed by atoms with E-state index in [1.54, 1.807) is 19.1 Å². The van der Waals surface area contributed by atoms with Crippen molar-refractivity contribution in [3.05, 3.63) is 29.6 Å². The molecule has 2 heterocycles. The molecule has 2 fully saturated rings. The van der Waals surface area contributed by atoms with E-state index < -0.39 is 0 Å². The lowest BCUT2D eigenvalue weighted by molar-refractivity contribution is -0.136. The number of carbonyl (C=O) groups excluding carboxylic acids is 2. The zero-order chi connectivity index (χ0) is 21.8. The van der Waals surface area contributed by atoms with Crippen molar-refractivity contribution in [2.75, 3.05) is 51.1 Å². The first-order valence-electron chi connectivity index (χ1n) is 11.0. The van der Waals surface area contributed by atoms with Crippen LogP contribution in [0.3, 0.4) is 0 Å². The van der Waals surface area contributed by atoms with Gasteiger partial charge in [0.05, 0.1) is 12.6 Å². The van der Waals surface area contributed by atoms with Gasteiger partial charge in [-0.2, -0.15) is 0 Å². The van der Waals surface area contributed by atoms with Gasteiger partial charge in [0.15, 0.2) is 0 Å². The average Bonchev–Trinajstić information content (AvgIpc) is 2.70. The maximum atomic E-state index is 13.7. The molecule has 2 aliphatic heterocycles. The van der Waals surface area contributed by atoms with Crippen molar-refractivity contribution in [3.8, 4) is 0 Å². The number of benzene rings is 1. The molecular formula is C23H35FN4O2. The molecule has 1 aromatic carbocycles. The van der Waals surface area contributed by atoms with Crippen LogP contribution in [0.1, 0.15) is 32.8 Å². The molecule has 3 atom stereocenters. The molecule has 0 saturated carbocycles. The van der Waals surface area contributed by atoms with Crippen molar-refractivity contribution in [1.82, 2.24) is 14.7 Å². The highest BCUT2D eigenvalue weighted by molar-refractivity contribution is 5.94. The van der Waals surface area contributed by atoms with Crippen LogP contribution in [0.4, 0.5) is 10.1 Å². The van der Waals surface area contributed by atoms with E-state index in [-0.39, 0.29) is 23.7 Å². The van der Waals surface area contributed by atoms with Gasteiger partial charge in [-0.3, -0.25) is 19.4 Å². The van der Waals surface area contributed by atoms with Gasteiger partial charge in [0.2, 0.25) is 11.8 Å². The van der Waals surface area contributed by atoms with Crippen molar-refractivity contribution >= 4 is 17.5 Å². The molecule has 0 aliphatic carbocycles. The fourth-order valence-corrected chi connectivity index (χ4v) is 4.55. The predicted molar refractivity (Wildman–Crippen MR) is 117 cm³/mol. The first-order valence-corrected chi connectivity index (χ1v) is 11.0. The molecule has 0 spiro atoms. The summed E-state index contributed by atoms with van der Waals surface area (Å²) in [6, 6.07) is 4.42. The number of aryl methyl sites for hydroxylation is 1. The zero-order valence-electron chi connectivity index (χ0n) is 18.7. The molecule has 3 unspecified atom stereocenters. The first kappa shape index (κ1) is 22.7. The SMILES string of the molecule is Cc1ccc(NC(=O)C(C)N2CCN(CC(=O)N3CC(C)CC(C)C3)CC2)cc1F. The summed E-state index contributed by atoms with van der Waals surface area (Å²) in [5.41, 5.74) is 1.03. The summed E-state index contributed by atoms with van der Waals surface area (Å²) < 4.78 is 13.7. The number of nitrogens with one attached hydrogen (secondary N) is 1. The van der Waals surface area contributed by atoms with Crippen LogP contribution >= 0.6 is 0 Å². The fourth-order valence-electron chi connectivity index (χ4n) is 4.55. The minimum atomic E-state index is -0.323. The second-order valence-corrected chi connectivity index (χ2v) is 9.19. The number of piperazine rings is 1. The Bertz CT molecular complexity index is 754. The Morgan fingerprint density at radius 3 is 2.37 bits per heavy atom. The van der Waals surface area contributed by atoms with Crippen molar-refractivity contribution in [2.45, 2.75) is 40.2 Å². The molecule has 0 radical (unpaired) electrons. The Morgan fingerprint density at radius 2 is 1.77 bits per heavy atom. The molecule has 7 heteroatoms. The van der Waals surface area contributed by atoms with Crippen molar-refractivity contribution < 1.29 is 14.0 Å². The number of carbonyl (C=O) groups is 2. The van der Waals surface area contributed by atoms with Crippen LogP contribution in [0, 0.1) is 24.6 Å². The second kappa shape index (κ2) is 9.88. The molecule has 30 heavy (non-hydrogen) atoms. The van der Waals surface area contributed by atoms with Gasteiger partial charge in [0.1, 0.15) is 5.82 Å². The fraction of sp³-hybridized carbons (Fsp3) is 0.652. The summed E-state index contributed by atoms with van der Waals surface area (Å²) in [6.07, 6.45) is 1.19. The summed E-state index contributed by atoms with van der Waals surface area (Å²) in [4.78, 5) is 31.6. The van der Waals surface area contributed by atoms with Crippen molar-refractivity contribution in [2.24, 2.45) is 11.8 Å². The van der Waals surface area contributed by atoms with Crippen molar-refractivity contribution in [1.29, 1.82) is 0 Å². The van der Waals surface area contributed by atoms with Crippen LogP contribution < -0.4 is 5.32 Å². The third-order valence-corrected chi connectivity index (χ3v) is 6.35. The van der Waals surface area contributed by atoms with E-state index in [2.05, 4.69) is 29.0 Å². The highest BCUT2D eigenvalue weighted by Crippen LogP contribution is 2.21.